The van der Waals surface area contributed by atoms with E-state index in [-0.39, 0.29) is 6.04 Å². The number of likely N-dealkylation sites (N-methyl/N-ethyl adjacent to an activating group) is 1. The van der Waals surface area contributed by atoms with Gasteiger partial charge < -0.3 is 5.32 Å². The average molecular weight is 344 g/mol. The molecule has 0 bridgehead atoms. The number of fused-ring (bicyclic) bond motifs is 1. The maximum absolute atomic E-state index is 4.47. The molecular weight excluding hydrogens is 326 g/mol. The summed E-state index contributed by atoms with van der Waals surface area (Å²) >= 11 is 3.52. The zero-order valence-corrected chi connectivity index (χ0v) is 13.8. The van der Waals surface area contributed by atoms with E-state index in [1.54, 1.807) is 0 Å². The van der Waals surface area contributed by atoms with Crippen LogP contribution in [0.1, 0.15) is 17.3 Å². The number of hydrogen-bond acceptors (Lipinski definition) is 2. The van der Waals surface area contributed by atoms with Crippen LogP contribution in [0.4, 0.5) is 0 Å². The summed E-state index contributed by atoms with van der Waals surface area (Å²) in [6.07, 6.45) is 2.87. The zero-order chi connectivity index (χ0) is 14.8. The molecule has 1 unspecified atom stereocenters. The Bertz CT molecular complexity index is 764. The molecule has 3 nitrogen and oxygen atoms in total. The van der Waals surface area contributed by atoms with Gasteiger partial charge in [0.1, 0.15) is 0 Å². The molecule has 0 amide bonds. The Labute approximate surface area is 133 Å². The number of benzene rings is 2. The van der Waals surface area contributed by atoms with Crippen molar-refractivity contribution in [3.63, 3.8) is 0 Å². The van der Waals surface area contributed by atoms with Gasteiger partial charge in [0.2, 0.25) is 0 Å². The van der Waals surface area contributed by atoms with Gasteiger partial charge >= 0.3 is 0 Å². The van der Waals surface area contributed by atoms with Gasteiger partial charge in [0, 0.05) is 30.2 Å². The van der Waals surface area contributed by atoms with Gasteiger partial charge in [0.25, 0.3) is 0 Å². The zero-order valence-electron chi connectivity index (χ0n) is 12.2. The van der Waals surface area contributed by atoms with Gasteiger partial charge in [-0.3, -0.25) is 4.68 Å². The minimum atomic E-state index is 0.271. The number of aryl methyl sites for hydroxylation is 1. The van der Waals surface area contributed by atoms with E-state index >= 15 is 0 Å². The molecule has 0 saturated carbocycles. The Kier molecular flexibility index (Phi) is 4.08. The second kappa shape index (κ2) is 6.00. The molecule has 0 spiro atoms. The van der Waals surface area contributed by atoms with Crippen LogP contribution in [0.25, 0.3) is 10.8 Å². The molecule has 1 N–H and O–H groups in total. The second-order valence-corrected chi connectivity index (χ2v) is 6.19. The van der Waals surface area contributed by atoms with Gasteiger partial charge in [0.05, 0.1) is 5.69 Å². The Morgan fingerprint density at radius 2 is 1.90 bits per heavy atom. The monoisotopic (exact) mass is 343 g/mol. The first kappa shape index (κ1) is 14.3. The van der Waals surface area contributed by atoms with Gasteiger partial charge in [-0.2, -0.15) is 5.10 Å². The van der Waals surface area contributed by atoms with Crippen molar-refractivity contribution in [3.8, 4) is 0 Å². The summed E-state index contributed by atoms with van der Waals surface area (Å²) in [5, 5.41) is 10.4. The van der Waals surface area contributed by atoms with Gasteiger partial charge in [-0.1, -0.05) is 34.1 Å². The first-order valence-corrected chi connectivity index (χ1v) is 7.80. The van der Waals surface area contributed by atoms with E-state index in [9.17, 15) is 0 Å². The van der Waals surface area contributed by atoms with Crippen molar-refractivity contribution in [1.29, 1.82) is 0 Å². The molecular formula is C17H18BrN3. The highest BCUT2D eigenvalue weighted by atomic mass is 79.9. The second-order valence-electron chi connectivity index (χ2n) is 5.28. The van der Waals surface area contributed by atoms with Crippen molar-refractivity contribution < 1.29 is 0 Å². The van der Waals surface area contributed by atoms with Crippen LogP contribution < -0.4 is 5.32 Å². The number of halogens is 1. The molecule has 0 aliphatic heterocycles. The fourth-order valence-corrected chi connectivity index (χ4v) is 3.00. The Morgan fingerprint density at radius 1 is 1.14 bits per heavy atom. The van der Waals surface area contributed by atoms with E-state index in [1.807, 2.05) is 25.0 Å². The smallest absolute Gasteiger partial charge is 0.0643 e. The van der Waals surface area contributed by atoms with E-state index in [1.165, 1.54) is 16.3 Å². The van der Waals surface area contributed by atoms with Crippen molar-refractivity contribution in [2.24, 2.45) is 7.05 Å². The maximum Gasteiger partial charge on any atom is 0.0643 e. The summed E-state index contributed by atoms with van der Waals surface area (Å²) in [6, 6.07) is 15.3. The highest BCUT2D eigenvalue weighted by Gasteiger charge is 2.12. The molecule has 0 saturated heterocycles. The summed E-state index contributed by atoms with van der Waals surface area (Å²) in [7, 11) is 3.95. The summed E-state index contributed by atoms with van der Waals surface area (Å²) in [5.41, 5.74) is 2.39. The normalized spacial score (nSPS) is 12.7. The van der Waals surface area contributed by atoms with Crippen LogP contribution in [0.3, 0.4) is 0 Å². The number of nitrogens with zero attached hydrogens (tertiary/aromatic N) is 2. The molecule has 1 aromatic heterocycles. The van der Waals surface area contributed by atoms with E-state index in [4.69, 9.17) is 0 Å². The lowest BCUT2D eigenvalue weighted by Crippen LogP contribution is -2.19. The molecule has 108 valence electrons. The van der Waals surface area contributed by atoms with Crippen LogP contribution >= 0.6 is 15.9 Å². The molecule has 0 radical (unpaired) electrons. The van der Waals surface area contributed by atoms with Crippen molar-refractivity contribution in [3.05, 3.63) is 64.4 Å². The van der Waals surface area contributed by atoms with Gasteiger partial charge in [-0.15, -0.1) is 0 Å². The number of hydrogen-bond donors (Lipinski definition) is 1. The standard InChI is InChI=1S/C17H18BrN3/c1-19-17(11-16-7-8-21(2)20-16)14-4-3-13-10-15(18)6-5-12(13)9-14/h3-10,17,19H,11H2,1-2H3. The molecule has 1 atom stereocenters. The molecule has 0 fully saturated rings. The summed E-state index contributed by atoms with van der Waals surface area (Å²) in [6.45, 7) is 0. The van der Waals surface area contributed by atoms with Crippen molar-refractivity contribution in [2.45, 2.75) is 12.5 Å². The predicted octanol–water partition coefficient (Wildman–Crippen LogP) is 3.84. The van der Waals surface area contributed by atoms with Gasteiger partial charge in [-0.05, 0) is 47.6 Å². The fraction of sp³-hybridized carbons (Fsp3) is 0.235. The summed E-state index contributed by atoms with van der Waals surface area (Å²) in [5.74, 6) is 0. The molecule has 21 heavy (non-hydrogen) atoms. The van der Waals surface area contributed by atoms with E-state index < -0.39 is 0 Å². The third kappa shape index (κ3) is 3.17. The summed E-state index contributed by atoms with van der Waals surface area (Å²) in [4.78, 5) is 0. The fourth-order valence-electron chi connectivity index (χ4n) is 2.62. The lowest BCUT2D eigenvalue weighted by atomic mass is 9.99. The van der Waals surface area contributed by atoms with Crippen LogP contribution in [0.15, 0.2) is 53.1 Å². The van der Waals surface area contributed by atoms with Crippen LogP contribution in [-0.2, 0) is 13.5 Å². The predicted molar refractivity (Wildman–Crippen MR) is 90.4 cm³/mol. The topological polar surface area (TPSA) is 29.9 Å². The minimum absolute atomic E-state index is 0.271. The highest BCUT2D eigenvalue weighted by Crippen LogP contribution is 2.25. The van der Waals surface area contributed by atoms with Gasteiger partial charge in [-0.25, -0.2) is 0 Å². The SMILES string of the molecule is CNC(Cc1ccn(C)n1)c1ccc2cc(Br)ccc2c1. The lowest BCUT2D eigenvalue weighted by molar-refractivity contribution is 0.578. The van der Waals surface area contributed by atoms with E-state index in [0.717, 1.165) is 16.6 Å². The van der Waals surface area contributed by atoms with Crippen molar-refractivity contribution in [1.82, 2.24) is 15.1 Å². The van der Waals surface area contributed by atoms with Crippen LogP contribution in [-0.4, -0.2) is 16.8 Å². The van der Waals surface area contributed by atoms with Crippen LogP contribution in [0.2, 0.25) is 0 Å². The van der Waals surface area contributed by atoms with Crippen molar-refractivity contribution in [2.75, 3.05) is 7.05 Å². The van der Waals surface area contributed by atoms with E-state index in [0.29, 0.717) is 0 Å². The average Bonchev–Trinajstić information content (AvgIpc) is 2.89. The molecule has 0 aliphatic rings. The molecule has 2 aromatic carbocycles. The van der Waals surface area contributed by atoms with Crippen molar-refractivity contribution >= 4 is 26.7 Å². The quantitative estimate of drug-likeness (QED) is 0.779. The van der Waals surface area contributed by atoms with Crippen LogP contribution in [0.5, 0.6) is 0 Å². The largest absolute Gasteiger partial charge is 0.313 e. The molecule has 4 heteroatoms. The minimum Gasteiger partial charge on any atom is -0.313 e. The molecule has 3 aromatic rings. The van der Waals surface area contributed by atoms with Gasteiger partial charge in [0.15, 0.2) is 0 Å². The van der Waals surface area contributed by atoms with E-state index in [2.05, 4.69) is 68.8 Å². The Hall–Kier alpha value is -1.65. The first-order valence-electron chi connectivity index (χ1n) is 7.01. The molecule has 0 aliphatic carbocycles. The highest BCUT2D eigenvalue weighted by molar-refractivity contribution is 9.10. The first-order chi connectivity index (χ1) is 10.2. The number of rotatable bonds is 4. The Balaban J connectivity index is 1.91. The maximum atomic E-state index is 4.47. The van der Waals surface area contributed by atoms with Crippen LogP contribution in [0, 0.1) is 0 Å². The molecule has 1 heterocycles. The summed E-state index contributed by atoms with van der Waals surface area (Å²) < 4.78 is 2.96. The number of aromatic nitrogens is 2. The number of nitrogens with one attached hydrogen (secondary N) is 1. The third-order valence-electron chi connectivity index (χ3n) is 3.76. The third-order valence-corrected chi connectivity index (χ3v) is 4.25. The lowest BCUT2D eigenvalue weighted by Gasteiger charge is -2.16. The molecule has 3 rings (SSSR count). The Morgan fingerprint density at radius 3 is 2.62 bits per heavy atom.